The van der Waals surface area contributed by atoms with Gasteiger partial charge in [0.05, 0.1) is 7.11 Å². The number of allylic oxidation sites excluding steroid dienone is 1. The molecule has 0 heterocycles. The highest BCUT2D eigenvalue weighted by Gasteiger charge is 2.11. The van der Waals surface area contributed by atoms with Gasteiger partial charge in [-0.25, -0.2) is 0 Å². The van der Waals surface area contributed by atoms with Crippen LogP contribution in [0.3, 0.4) is 0 Å². The molecule has 0 amide bonds. The second-order valence-electron chi connectivity index (χ2n) is 3.23. The van der Waals surface area contributed by atoms with Gasteiger partial charge in [0.15, 0.2) is 17.3 Å². The number of Topliss-reactive ketones (excluding diaryl/α,β-unsaturated/α-hetero) is 1. The van der Waals surface area contributed by atoms with E-state index >= 15 is 0 Å². The average Bonchev–Trinajstić information content (AvgIpc) is 2.20. The van der Waals surface area contributed by atoms with Gasteiger partial charge in [-0.05, 0) is 31.0 Å². The first-order valence-corrected chi connectivity index (χ1v) is 4.61. The number of methoxy groups -OCH3 is 1. The van der Waals surface area contributed by atoms with E-state index in [1.54, 1.807) is 12.1 Å². The number of phenolic OH excluding ortho intramolecular Hbond substituents is 1. The molecule has 0 fully saturated rings. The fourth-order valence-electron chi connectivity index (χ4n) is 1.43. The van der Waals surface area contributed by atoms with E-state index in [4.69, 9.17) is 4.74 Å². The van der Waals surface area contributed by atoms with Gasteiger partial charge in [-0.2, -0.15) is 0 Å². The minimum atomic E-state index is -0.0789. The molecular weight excluding hydrogens is 192 g/mol. The summed E-state index contributed by atoms with van der Waals surface area (Å²) in [6, 6.07) is 3.09. The fraction of sp³-hybridized carbons (Fsp3) is 0.250. The summed E-state index contributed by atoms with van der Waals surface area (Å²) in [7, 11) is 1.47. The van der Waals surface area contributed by atoms with Crippen molar-refractivity contribution in [3.63, 3.8) is 0 Å². The second-order valence-corrected chi connectivity index (χ2v) is 3.23. The number of ketones is 1. The van der Waals surface area contributed by atoms with Gasteiger partial charge >= 0.3 is 0 Å². The van der Waals surface area contributed by atoms with Gasteiger partial charge in [0.25, 0.3) is 0 Å². The van der Waals surface area contributed by atoms with Crippen LogP contribution in [0.15, 0.2) is 24.8 Å². The lowest BCUT2D eigenvalue weighted by atomic mass is 10.0. The first kappa shape index (κ1) is 11.3. The van der Waals surface area contributed by atoms with E-state index in [1.165, 1.54) is 20.1 Å². The van der Waals surface area contributed by atoms with Gasteiger partial charge in [0, 0.05) is 5.56 Å². The van der Waals surface area contributed by atoms with Crippen molar-refractivity contribution < 1.29 is 14.6 Å². The molecule has 0 aliphatic heterocycles. The Bertz CT molecular complexity index is 394. The number of carbonyl (C=O) groups excluding carboxylic acids is 1. The van der Waals surface area contributed by atoms with Crippen molar-refractivity contribution >= 4 is 5.78 Å². The van der Waals surface area contributed by atoms with Crippen molar-refractivity contribution in [2.45, 2.75) is 13.3 Å². The summed E-state index contributed by atoms with van der Waals surface area (Å²) in [5.41, 5.74) is 1.32. The summed E-state index contributed by atoms with van der Waals surface area (Å²) in [4.78, 5) is 11.3. The molecule has 0 aliphatic carbocycles. The largest absolute Gasteiger partial charge is 0.504 e. The molecule has 1 aromatic rings. The molecule has 3 nitrogen and oxygen atoms in total. The Kier molecular flexibility index (Phi) is 3.50. The molecule has 15 heavy (non-hydrogen) atoms. The maximum atomic E-state index is 11.3. The minimum Gasteiger partial charge on any atom is -0.504 e. The molecule has 0 saturated heterocycles. The van der Waals surface area contributed by atoms with E-state index in [1.807, 2.05) is 0 Å². The quantitative estimate of drug-likeness (QED) is 0.607. The lowest BCUT2D eigenvalue weighted by molar-refractivity contribution is 0.101. The number of phenols is 1. The zero-order valence-electron chi connectivity index (χ0n) is 8.91. The monoisotopic (exact) mass is 206 g/mol. The van der Waals surface area contributed by atoms with Crippen molar-refractivity contribution in [3.8, 4) is 11.5 Å². The van der Waals surface area contributed by atoms with Crippen LogP contribution in [0.1, 0.15) is 22.8 Å². The number of hydrogen-bond acceptors (Lipinski definition) is 3. The molecule has 0 aliphatic rings. The standard InChI is InChI=1S/C12H14O3/c1-4-5-9-6-12(15-3)11(14)7-10(9)8(2)13/h4,6-7,14H,1,5H2,2-3H3. The number of ether oxygens (including phenoxy) is 1. The number of aromatic hydroxyl groups is 1. The van der Waals surface area contributed by atoms with Crippen LogP contribution in [0.2, 0.25) is 0 Å². The molecule has 0 spiro atoms. The Labute approximate surface area is 89.0 Å². The maximum absolute atomic E-state index is 11.3. The highest BCUT2D eigenvalue weighted by Crippen LogP contribution is 2.30. The van der Waals surface area contributed by atoms with E-state index in [-0.39, 0.29) is 11.5 Å². The van der Waals surface area contributed by atoms with E-state index in [0.29, 0.717) is 17.7 Å². The van der Waals surface area contributed by atoms with Gasteiger partial charge < -0.3 is 9.84 Å². The summed E-state index contributed by atoms with van der Waals surface area (Å²) in [6.45, 7) is 5.09. The lowest BCUT2D eigenvalue weighted by Crippen LogP contribution is -2.00. The Hall–Kier alpha value is -1.77. The summed E-state index contributed by atoms with van der Waals surface area (Å²) >= 11 is 0. The average molecular weight is 206 g/mol. The SMILES string of the molecule is C=CCc1cc(OC)c(O)cc1C(C)=O. The third kappa shape index (κ3) is 2.37. The first-order chi connectivity index (χ1) is 7.10. The van der Waals surface area contributed by atoms with Crippen LogP contribution in [-0.2, 0) is 6.42 Å². The molecule has 0 saturated carbocycles. The molecule has 0 radical (unpaired) electrons. The molecule has 0 bridgehead atoms. The molecule has 0 atom stereocenters. The van der Waals surface area contributed by atoms with Crippen LogP contribution in [0.4, 0.5) is 0 Å². The third-order valence-corrected chi connectivity index (χ3v) is 2.15. The van der Waals surface area contributed by atoms with Crippen molar-refractivity contribution in [1.82, 2.24) is 0 Å². The van der Waals surface area contributed by atoms with Gasteiger partial charge in [0.2, 0.25) is 0 Å². The van der Waals surface area contributed by atoms with Gasteiger partial charge in [-0.1, -0.05) is 6.08 Å². The van der Waals surface area contributed by atoms with Crippen molar-refractivity contribution in [2.75, 3.05) is 7.11 Å². The number of hydrogen-bond donors (Lipinski definition) is 1. The van der Waals surface area contributed by atoms with E-state index < -0.39 is 0 Å². The summed E-state index contributed by atoms with van der Waals surface area (Å²) in [5, 5.41) is 9.53. The van der Waals surface area contributed by atoms with Crippen molar-refractivity contribution in [2.24, 2.45) is 0 Å². The summed E-state index contributed by atoms with van der Waals surface area (Å²) in [6.07, 6.45) is 2.28. The molecule has 1 aromatic carbocycles. The Morgan fingerprint density at radius 3 is 2.73 bits per heavy atom. The Morgan fingerprint density at radius 2 is 2.27 bits per heavy atom. The fourth-order valence-corrected chi connectivity index (χ4v) is 1.43. The van der Waals surface area contributed by atoms with Crippen LogP contribution >= 0.6 is 0 Å². The summed E-state index contributed by atoms with van der Waals surface area (Å²) in [5.74, 6) is 0.275. The highest BCUT2D eigenvalue weighted by atomic mass is 16.5. The highest BCUT2D eigenvalue weighted by molar-refractivity contribution is 5.96. The maximum Gasteiger partial charge on any atom is 0.160 e. The van der Waals surface area contributed by atoms with Gasteiger partial charge in [0.1, 0.15) is 0 Å². The zero-order chi connectivity index (χ0) is 11.4. The van der Waals surface area contributed by atoms with E-state index in [2.05, 4.69) is 6.58 Å². The molecule has 0 aromatic heterocycles. The molecule has 3 heteroatoms. The van der Waals surface area contributed by atoms with E-state index in [0.717, 1.165) is 5.56 Å². The predicted molar refractivity (Wildman–Crippen MR) is 58.6 cm³/mol. The van der Waals surface area contributed by atoms with Gasteiger partial charge in [-0.3, -0.25) is 4.79 Å². The summed E-state index contributed by atoms with van der Waals surface area (Å²) < 4.78 is 4.97. The van der Waals surface area contributed by atoms with Gasteiger partial charge in [-0.15, -0.1) is 6.58 Å². The number of benzene rings is 1. The third-order valence-electron chi connectivity index (χ3n) is 2.15. The van der Waals surface area contributed by atoms with Crippen LogP contribution in [0.25, 0.3) is 0 Å². The zero-order valence-corrected chi connectivity index (χ0v) is 8.91. The number of carbonyl (C=O) groups is 1. The molecule has 0 unspecified atom stereocenters. The topological polar surface area (TPSA) is 46.5 Å². The van der Waals surface area contributed by atoms with Crippen molar-refractivity contribution in [1.29, 1.82) is 0 Å². The molecular formula is C12H14O3. The lowest BCUT2D eigenvalue weighted by Gasteiger charge is -2.09. The van der Waals surface area contributed by atoms with Crippen molar-refractivity contribution in [3.05, 3.63) is 35.9 Å². The Morgan fingerprint density at radius 1 is 1.60 bits per heavy atom. The molecule has 1 rings (SSSR count). The molecule has 80 valence electrons. The first-order valence-electron chi connectivity index (χ1n) is 4.61. The second kappa shape index (κ2) is 4.64. The Balaban J connectivity index is 3.31. The molecule has 1 N–H and O–H groups in total. The normalized spacial score (nSPS) is 9.73. The number of rotatable bonds is 4. The smallest absolute Gasteiger partial charge is 0.160 e. The van der Waals surface area contributed by atoms with E-state index in [9.17, 15) is 9.90 Å². The minimum absolute atomic E-state index is 0.0180. The van der Waals surface area contributed by atoms with Crippen LogP contribution in [0, 0.1) is 0 Å². The van der Waals surface area contributed by atoms with Crippen LogP contribution < -0.4 is 4.74 Å². The predicted octanol–water partition coefficient (Wildman–Crippen LogP) is 2.33. The van der Waals surface area contributed by atoms with Crippen LogP contribution in [-0.4, -0.2) is 18.0 Å². The van der Waals surface area contributed by atoms with Crippen LogP contribution in [0.5, 0.6) is 11.5 Å².